The van der Waals surface area contributed by atoms with E-state index in [1.54, 1.807) is 13.0 Å². The van der Waals surface area contributed by atoms with Crippen LogP contribution < -0.4 is 10.5 Å². The van der Waals surface area contributed by atoms with Crippen molar-refractivity contribution in [2.24, 2.45) is 5.73 Å². The zero-order chi connectivity index (χ0) is 11.5. The minimum Gasteiger partial charge on any atom is -0.329 e. The summed E-state index contributed by atoms with van der Waals surface area (Å²) in [6.07, 6.45) is 0. The molecule has 1 aromatic carbocycles. The summed E-state index contributed by atoms with van der Waals surface area (Å²) in [4.78, 5) is -0.307. The highest BCUT2D eigenvalue weighted by atomic mass is 32.2. The molecule has 1 aromatic rings. The smallest absolute Gasteiger partial charge is 0.243 e. The number of hydrogen-bond acceptors (Lipinski definition) is 3. The molecule has 1 rings (SSSR count). The second-order valence-electron chi connectivity index (χ2n) is 3.07. The van der Waals surface area contributed by atoms with Gasteiger partial charge in [0.05, 0.1) is 0 Å². The fourth-order valence-electron chi connectivity index (χ4n) is 1.22. The molecule has 0 saturated heterocycles. The first kappa shape index (κ1) is 12.1. The number of sulfonamides is 1. The molecular weight excluding hydrogens is 219 g/mol. The third-order valence-electron chi connectivity index (χ3n) is 1.87. The molecular formula is C9H13FN2O2S. The molecule has 0 aliphatic heterocycles. The minimum atomic E-state index is -3.79. The van der Waals surface area contributed by atoms with Gasteiger partial charge in [-0.1, -0.05) is 12.1 Å². The molecule has 0 amide bonds. The van der Waals surface area contributed by atoms with Crippen LogP contribution in [0.2, 0.25) is 0 Å². The second-order valence-corrected chi connectivity index (χ2v) is 4.78. The molecule has 0 radical (unpaired) electrons. The lowest BCUT2D eigenvalue weighted by Crippen LogP contribution is -2.30. The number of rotatable bonds is 4. The van der Waals surface area contributed by atoms with Gasteiger partial charge in [-0.2, -0.15) is 0 Å². The van der Waals surface area contributed by atoms with Crippen LogP contribution in [0.1, 0.15) is 5.56 Å². The van der Waals surface area contributed by atoms with Crippen LogP contribution in [0.25, 0.3) is 0 Å². The molecule has 0 bridgehead atoms. The molecule has 0 aliphatic carbocycles. The van der Waals surface area contributed by atoms with Crippen LogP contribution in [0.15, 0.2) is 23.1 Å². The molecule has 15 heavy (non-hydrogen) atoms. The number of hydrogen-bond donors (Lipinski definition) is 2. The van der Waals surface area contributed by atoms with E-state index in [1.165, 1.54) is 6.07 Å². The summed E-state index contributed by atoms with van der Waals surface area (Å²) in [6.45, 7) is 1.81. The summed E-state index contributed by atoms with van der Waals surface area (Å²) in [6, 6.07) is 4.12. The van der Waals surface area contributed by atoms with E-state index in [-0.39, 0.29) is 18.0 Å². The van der Waals surface area contributed by atoms with Crippen molar-refractivity contribution in [1.82, 2.24) is 4.72 Å². The Labute approximate surface area is 88.3 Å². The van der Waals surface area contributed by atoms with Crippen molar-refractivity contribution in [3.8, 4) is 0 Å². The van der Waals surface area contributed by atoms with Gasteiger partial charge in [0.2, 0.25) is 10.0 Å². The predicted octanol–water partition coefficient (Wildman–Crippen LogP) is 0.371. The van der Waals surface area contributed by atoms with E-state index in [1.807, 2.05) is 0 Å². The molecule has 0 heterocycles. The lowest BCUT2D eigenvalue weighted by molar-refractivity contribution is 0.555. The quantitative estimate of drug-likeness (QED) is 0.788. The summed E-state index contributed by atoms with van der Waals surface area (Å²) in [5.41, 5.74) is 5.54. The lowest BCUT2D eigenvalue weighted by Gasteiger charge is -2.08. The summed E-state index contributed by atoms with van der Waals surface area (Å²) in [5, 5.41) is 0. The van der Waals surface area contributed by atoms with Gasteiger partial charge in [0.25, 0.3) is 0 Å². The second kappa shape index (κ2) is 4.69. The predicted molar refractivity (Wildman–Crippen MR) is 55.4 cm³/mol. The van der Waals surface area contributed by atoms with Gasteiger partial charge in [-0.25, -0.2) is 17.5 Å². The Kier molecular flexibility index (Phi) is 3.78. The van der Waals surface area contributed by atoms with Gasteiger partial charge in [0.15, 0.2) is 0 Å². The third-order valence-corrected chi connectivity index (χ3v) is 3.51. The summed E-state index contributed by atoms with van der Waals surface area (Å²) < 4.78 is 38.8. The standard InChI is InChI=1S/C9H13FN2O2S/c1-7-3-2-4-8(10)9(7)15(13,14)12-6-5-11/h2-4,12H,5-6,11H2,1H3. The molecule has 3 N–H and O–H groups in total. The zero-order valence-corrected chi connectivity index (χ0v) is 9.14. The van der Waals surface area contributed by atoms with E-state index < -0.39 is 15.8 Å². The van der Waals surface area contributed by atoms with Crippen LogP contribution in [0.3, 0.4) is 0 Å². The van der Waals surface area contributed by atoms with Crippen molar-refractivity contribution in [2.45, 2.75) is 11.8 Å². The van der Waals surface area contributed by atoms with Crippen LogP contribution >= 0.6 is 0 Å². The zero-order valence-electron chi connectivity index (χ0n) is 8.33. The van der Waals surface area contributed by atoms with E-state index in [9.17, 15) is 12.8 Å². The fourth-order valence-corrected chi connectivity index (χ4v) is 2.57. The first-order valence-corrected chi connectivity index (χ1v) is 5.92. The highest BCUT2D eigenvalue weighted by Crippen LogP contribution is 2.18. The van der Waals surface area contributed by atoms with Gasteiger partial charge in [-0.15, -0.1) is 0 Å². The highest BCUT2D eigenvalue weighted by molar-refractivity contribution is 7.89. The lowest BCUT2D eigenvalue weighted by atomic mass is 10.2. The number of nitrogens with two attached hydrogens (primary N) is 1. The van der Waals surface area contributed by atoms with Crippen LogP contribution in [-0.2, 0) is 10.0 Å². The molecule has 0 spiro atoms. The maximum atomic E-state index is 13.3. The van der Waals surface area contributed by atoms with Gasteiger partial charge in [0.1, 0.15) is 10.7 Å². The van der Waals surface area contributed by atoms with E-state index in [0.29, 0.717) is 5.56 Å². The van der Waals surface area contributed by atoms with Crippen LogP contribution in [0, 0.1) is 12.7 Å². The Bertz CT molecular complexity index is 425. The third kappa shape index (κ3) is 2.74. The number of halogens is 1. The Morgan fingerprint density at radius 2 is 2.13 bits per heavy atom. The highest BCUT2D eigenvalue weighted by Gasteiger charge is 2.20. The average molecular weight is 232 g/mol. The Hall–Kier alpha value is -0.980. The Balaban J connectivity index is 3.15. The van der Waals surface area contributed by atoms with Gasteiger partial charge < -0.3 is 5.73 Å². The Morgan fingerprint density at radius 1 is 1.47 bits per heavy atom. The van der Waals surface area contributed by atoms with Crippen LogP contribution in [-0.4, -0.2) is 21.5 Å². The van der Waals surface area contributed by atoms with Crippen molar-refractivity contribution < 1.29 is 12.8 Å². The molecule has 84 valence electrons. The molecule has 0 atom stereocenters. The molecule has 0 aliphatic rings. The summed E-state index contributed by atoms with van der Waals surface area (Å²) in [5.74, 6) is -0.750. The maximum Gasteiger partial charge on any atom is 0.243 e. The van der Waals surface area contributed by atoms with E-state index >= 15 is 0 Å². The average Bonchev–Trinajstić information content (AvgIpc) is 2.14. The molecule has 0 saturated carbocycles. The van der Waals surface area contributed by atoms with Gasteiger partial charge in [0, 0.05) is 13.1 Å². The first-order chi connectivity index (χ1) is 6.99. The van der Waals surface area contributed by atoms with E-state index in [2.05, 4.69) is 4.72 Å². The number of nitrogens with one attached hydrogen (secondary N) is 1. The van der Waals surface area contributed by atoms with Crippen LogP contribution in [0.5, 0.6) is 0 Å². The monoisotopic (exact) mass is 232 g/mol. The van der Waals surface area contributed by atoms with E-state index in [4.69, 9.17) is 5.73 Å². The first-order valence-electron chi connectivity index (χ1n) is 4.44. The molecule has 6 heteroatoms. The topological polar surface area (TPSA) is 72.2 Å². The summed E-state index contributed by atoms with van der Waals surface area (Å²) >= 11 is 0. The number of aryl methyl sites for hydroxylation is 1. The van der Waals surface area contributed by atoms with Crippen molar-refractivity contribution in [1.29, 1.82) is 0 Å². The molecule has 0 unspecified atom stereocenters. The molecule has 0 fully saturated rings. The maximum absolute atomic E-state index is 13.3. The van der Waals surface area contributed by atoms with E-state index in [0.717, 1.165) is 6.07 Å². The minimum absolute atomic E-state index is 0.0934. The van der Waals surface area contributed by atoms with Gasteiger partial charge in [-0.05, 0) is 18.6 Å². The molecule has 4 nitrogen and oxygen atoms in total. The van der Waals surface area contributed by atoms with Crippen molar-refractivity contribution in [2.75, 3.05) is 13.1 Å². The molecule has 0 aromatic heterocycles. The van der Waals surface area contributed by atoms with Crippen LogP contribution in [0.4, 0.5) is 4.39 Å². The largest absolute Gasteiger partial charge is 0.329 e. The normalized spacial score (nSPS) is 11.7. The van der Waals surface area contributed by atoms with Crippen molar-refractivity contribution in [3.63, 3.8) is 0 Å². The fraction of sp³-hybridized carbons (Fsp3) is 0.333. The number of benzene rings is 1. The van der Waals surface area contributed by atoms with Gasteiger partial charge >= 0.3 is 0 Å². The SMILES string of the molecule is Cc1cccc(F)c1S(=O)(=O)NCCN. The summed E-state index contributed by atoms with van der Waals surface area (Å²) in [7, 11) is -3.79. The Morgan fingerprint density at radius 3 is 2.67 bits per heavy atom. The van der Waals surface area contributed by atoms with Crippen molar-refractivity contribution >= 4 is 10.0 Å². The van der Waals surface area contributed by atoms with Crippen molar-refractivity contribution in [3.05, 3.63) is 29.6 Å². The van der Waals surface area contributed by atoms with Gasteiger partial charge in [-0.3, -0.25) is 0 Å².